The molecule has 0 aromatic carbocycles. The van der Waals surface area contributed by atoms with Gasteiger partial charge in [-0.05, 0) is 38.5 Å². The van der Waals surface area contributed by atoms with E-state index < -0.39 is 18.1 Å². The zero-order valence-corrected chi connectivity index (χ0v) is 40.8. The summed E-state index contributed by atoms with van der Waals surface area (Å²) in [6, 6.07) is -0.725. The number of ether oxygens (including phenoxy) is 3. The first-order valence-electron chi connectivity index (χ1n) is 25.9. The molecule has 8 heteroatoms. The number of allylic oxidation sites excluding steroid dienone is 4. The van der Waals surface area contributed by atoms with Gasteiger partial charge < -0.3 is 28.6 Å². The molecule has 0 radical (unpaired) electrons. The number of rotatable bonds is 47. The summed E-state index contributed by atoms with van der Waals surface area (Å²) in [4.78, 5) is 37.0. The van der Waals surface area contributed by atoms with Crippen LogP contribution in [0.2, 0.25) is 0 Å². The molecule has 0 bridgehead atoms. The van der Waals surface area contributed by atoms with Gasteiger partial charge in [0, 0.05) is 19.3 Å². The Kier molecular flexibility index (Phi) is 42.8. The first-order chi connectivity index (χ1) is 29.6. The molecule has 2 atom stereocenters. The van der Waals surface area contributed by atoms with E-state index >= 15 is 0 Å². The molecule has 0 saturated carbocycles. The lowest BCUT2D eigenvalue weighted by Gasteiger charge is -2.34. The van der Waals surface area contributed by atoms with Crippen molar-refractivity contribution in [1.29, 1.82) is 0 Å². The van der Waals surface area contributed by atoms with Crippen LogP contribution < -0.4 is 5.11 Å². The summed E-state index contributed by atoms with van der Waals surface area (Å²) >= 11 is 0. The smallest absolute Gasteiger partial charge is 0.306 e. The minimum Gasteiger partial charge on any atom is -0.544 e. The minimum absolute atomic E-state index is 0.0414. The molecule has 0 aromatic heterocycles. The summed E-state index contributed by atoms with van der Waals surface area (Å²) in [7, 11) is 5.42. The Hall–Kier alpha value is -2.19. The molecular formula is C53H99NO7. The molecular weight excluding hydrogens is 763 g/mol. The number of carboxylic acid groups (broad SMARTS) is 1. The molecule has 61 heavy (non-hydrogen) atoms. The number of esters is 2. The van der Waals surface area contributed by atoms with E-state index in [2.05, 4.69) is 38.2 Å². The van der Waals surface area contributed by atoms with E-state index in [1.807, 2.05) is 0 Å². The summed E-state index contributed by atoms with van der Waals surface area (Å²) in [6.45, 7) is 4.66. The summed E-state index contributed by atoms with van der Waals surface area (Å²) in [5.41, 5.74) is 0. The monoisotopic (exact) mass is 862 g/mol. The number of hydrogen-bond acceptors (Lipinski definition) is 7. The van der Waals surface area contributed by atoms with Crippen molar-refractivity contribution in [3.8, 4) is 0 Å². The van der Waals surface area contributed by atoms with Crippen LogP contribution in [0.5, 0.6) is 0 Å². The van der Waals surface area contributed by atoms with Gasteiger partial charge in [0.05, 0.1) is 40.3 Å². The molecule has 2 unspecified atom stereocenters. The maximum atomic E-state index is 12.8. The van der Waals surface area contributed by atoms with Crippen LogP contribution in [-0.4, -0.2) is 75.5 Å². The van der Waals surface area contributed by atoms with Crippen molar-refractivity contribution in [2.75, 3.05) is 41.0 Å². The van der Waals surface area contributed by atoms with Crippen molar-refractivity contribution >= 4 is 17.9 Å². The molecule has 0 heterocycles. The molecule has 358 valence electrons. The van der Waals surface area contributed by atoms with E-state index in [0.717, 1.165) is 51.4 Å². The number of unbranched alkanes of at least 4 members (excludes halogenated alkanes) is 30. The summed E-state index contributed by atoms with van der Waals surface area (Å²) in [6.07, 6.45) is 50.7. The second-order valence-electron chi connectivity index (χ2n) is 18.8. The SMILES string of the molecule is CCCCC/C=C/C=C/CCCCCCCCC(=O)OCC(COCCC(C(=O)[O-])[N+](C)(C)C)OC(=O)CCCCCCCCCCCCCCCCCCCCCCCC. The van der Waals surface area contributed by atoms with E-state index in [-0.39, 0.29) is 42.7 Å². The third-order valence-corrected chi connectivity index (χ3v) is 11.9. The summed E-state index contributed by atoms with van der Waals surface area (Å²) < 4.78 is 17.2. The zero-order valence-electron chi connectivity index (χ0n) is 40.8. The Morgan fingerprint density at radius 3 is 1.26 bits per heavy atom. The quantitative estimate of drug-likeness (QED) is 0.0260. The normalized spacial score (nSPS) is 13.0. The molecule has 0 amide bonds. The zero-order chi connectivity index (χ0) is 44.9. The van der Waals surface area contributed by atoms with Crippen molar-refractivity contribution in [2.45, 2.75) is 257 Å². The van der Waals surface area contributed by atoms with Crippen molar-refractivity contribution < 1.29 is 38.2 Å². The second-order valence-corrected chi connectivity index (χ2v) is 18.8. The van der Waals surface area contributed by atoms with Gasteiger partial charge in [0.2, 0.25) is 0 Å². The predicted molar refractivity (Wildman–Crippen MR) is 254 cm³/mol. The van der Waals surface area contributed by atoms with Crippen molar-refractivity contribution in [1.82, 2.24) is 0 Å². The van der Waals surface area contributed by atoms with Crippen LogP contribution >= 0.6 is 0 Å². The number of carbonyl (C=O) groups excluding carboxylic acids is 3. The Balaban J connectivity index is 4.19. The summed E-state index contributed by atoms with van der Waals surface area (Å²) in [5.74, 6) is -1.73. The fraction of sp³-hybridized carbons (Fsp3) is 0.868. The molecule has 0 aliphatic carbocycles. The van der Waals surface area contributed by atoms with Crippen LogP contribution in [0.1, 0.15) is 245 Å². The third-order valence-electron chi connectivity index (χ3n) is 11.9. The second kappa shape index (κ2) is 44.4. The lowest BCUT2D eigenvalue weighted by atomic mass is 10.0. The van der Waals surface area contributed by atoms with Gasteiger partial charge in [0.1, 0.15) is 12.6 Å². The third kappa shape index (κ3) is 42.9. The van der Waals surface area contributed by atoms with E-state index in [1.165, 1.54) is 161 Å². The number of quaternary nitrogens is 1. The number of carbonyl (C=O) groups is 3. The average Bonchev–Trinajstić information content (AvgIpc) is 3.22. The van der Waals surface area contributed by atoms with Gasteiger partial charge in [-0.1, -0.05) is 212 Å². The molecule has 8 nitrogen and oxygen atoms in total. The largest absolute Gasteiger partial charge is 0.544 e. The number of aliphatic carboxylic acids is 1. The molecule has 0 aromatic rings. The maximum absolute atomic E-state index is 12.8. The van der Waals surface area contributed by atoms with Crippen LogP contribution in [0.15, 0.2) is 24.3 Å². The lowest BCUT2D eigenvalue weighted by Crippen LogP contribution is -2.55. The van der Waals surface area contributed by atoms with Crippen molar-refractivity contribution in [2.24, 2.45) is 0 Å². The molecule has 0 aliphatic heterocycles. The number of nitrogens with zero attached hydrogens (tertiary/aromatic N) is 1. The molecule has 0 spiro atoms. The first kappa shape index (κ1) is 58.8. The highest BCUT2D eigenvalue weighted by Crippen LogP contribution is 2.17. The number of carboxylic acids is 1. The number of likely N-dealkylation sites (N-methyl/N-ethyl adjacent to an activating group) is 1. The Morgan fingerprint density at radius 1 is 0.492 bits per heavy atom. The number of hydrogen-bond donors (Lipinski definition) is 0. The van der Waals surface area contributed by atoms with Gasteiger partial charge in [0.15, 0.2) is 6.10 Å². The van der Waals surface area contributed by atoms with Crippen LogP contribution in [0.25, 0.3) is 0 Å². The molecule has 0 N–H and O–H groups in total. The van der Waals surface area contributed by atoms with Crippen molar-refractivity contribution in [3.63, 3.8) is 0 Å². The van der Waals surface area contributed by atoms with E-state index in [4.69, 9.17) is 14.2 Å². The van der Waals surface area contributed by atoms with E-state index in [9.17, 15) is 19.5 Å². The minimum atomic E-state index is -1.12. The van der Waals surface area contributed by atoms with Crippen LogP contribution in [0, 0.1) is 0 Å². The fourth-order valence-electron chi connectivity index (χ4n) is 7.83. The molecule has 0 aliphatic rings. The van der Waals surface area contributed by atoms with Crippen molar-refractivity contribution in [3.05, 3.63) is 24.3 Å². The Labute approximate surface area is 377 Å². The average molecular weight is 862 g/mol. The van der Waals surface area contributed by atoms with Crippen LogP contribution in [0.3, 0.4) is 0 Å². The maximum Gasteiger partial charge on any atom is 0.306 e. The summed E-state index contributed by atoms with van der Waals surface area (Å²) in [5, 5.41) is 11.7. The molecule has 0 fully saturated rings. The lowest BCUT2D eigenvalue weighted by molar-refractivity contribution is -0.889. The van der Waals surface area contributed by atoms with Gasteiger partial charge in [-0.2, -0.15) is 0 Å². The van der Waals surface area contributed by atoms with Crippen LogP contribution in [-0.2, 0) is 28.6 Å². The highest BCUT2D eigenvalue weighted by atomic mass is 16.6. The highest BCUT2D eigenvalue weighted by molar-refractivity contribution is 5.70. The topological polar surface area (TPSA) is 102 Å². The van der Waals surface area contributed by atoms with Crippen LogP contribution in [0.4, 0.5) is 0 Å². The van der Waals surface area contributed by atoms with Gasteiger partial charge in [-0.15, -0.1) is 0 Å². The Bertz CT molecular complexity index is 1050. The standard InChI is InChI=1S/C53H99NO7/c1-6-8-10-12-14-16-18-20-22-23-24-25-26-27-28-30-32-34-36-38-40-42-44-52(56)61-49(47-59-46-45-50(53(57)58)54(3,4)5)48-60-51(55)43-41-39-37-35-33-31-29-21-19-17-15-13-11-9-7-2/h15,17,19,21,49-50H,6-14,16,18,20,22-48H2,1-5H3/b17-15+,21-19+. The fourth-order valence-corrected chi connectivity index (χ4v) is 7.83. The highest BCUT2D eigenvalue weighted by Gasteiger charge is 2.25. The molecule has 0 saturated heterocycles. The molecule has 0 rings (SSSR count). The van der Waals surface area contributed by atoms with Gasteiger partial charge in [-0.25, -0.2) is 0 Å². The van der Waals surface area contributed by atoms with Gasteiger partial charge >= 0.3 is 11.9 Å². The van der Waals surface area contributed by atoms with Gasteiger partial charge in [0.25, 0.3) is 0 Å². The van der Waals surface area contributed by atoms with E-state index in [1.54, 1.807) is 21.1 Å². The van der Waals surface area contributed by atoms with E-state index in [0.29, 0.717) is 12.8 Å². The first-order valence-corrected chi connectivity index (χ1v) is 25.9. The van der Waals surface area contributed by atoms with Gasteiger partial charge in [-0.3, -0.25) is 9.59 Å². The Morgan fingerprint density at radius 2 is 0.852 bits per heavy atom. The predicted octanol–water partition coefficient (Wildman–Crippen LogP) is 13.5.